The quantitative estimate of drug-likeness (QED) is 0.179. The zero-order valence-corrected chi connectivity index (χ0v) is 26.1. The van der Waals surface area contributed by atoms with Crippen molar-refractivity contribution in [1.82, 2.24) is 4.57 Å². The van der Waals surface area contributed by atoms with E-state index in [0.717, 1.165) is 24.0 Å². The molecule has 0 radical (unpaired) electrons. The maximum atomic E-state index is 4.58. The van der Waals surface area contributed by atoms with Crippen LogP contribution in [0.5, 0.6) is 0 Å². The molecular weight excluding hydrogens is 567 g/mol. The highest BCUT2D eigenvalue weighted by atomic mass is 15.0. The van der Waals surface area contributed by atoms with Gasteiger partial charge >= 0.3 is 0 Å². The van der Waals surface area contributed by atoms with Crippen LogP contribution in [0.15, 0.2) is 152 Å². The number of hydrogen-bond acceptors (Lipinski definition) is 0. The summed E-state index contributed by atoms with van der Waals surface area (Å²) in [6.07, 6.45) is 8.91. The Morgan fingerprint density at radius 2 is 1.09 bits per heavy atom. The predicted octanol–water partition coefficient (Wildman–Crippen LogP) is 12.7. The second-order valence-electron chi connectivity index (χ2n) is 12.8. The Bertz CT molecular complexity index is 2760. The molecule has 7 aromatic carbocycles. The molecule has 0 N–H and O–H groups in total. The molecule has 2 aliphatic carbocycles. The third-order valence-electron chi connectivity index (χ3n) is 10.5. The van der Waals surface area contributed by atoms with Crippen molar-refractivity contribution in [3.63, 3.8) is 0 Å². The van der Waals surface area contributed by atoms with Gasteiger partial charge in [0, 0.05) is 21.5 Å². The maximum Gasteiger partial charge on any atom is 0.0626 e. The molecule has 0 amide bonds. The molecule has 220 valence electrons. The lowest BCUT2D eigenvalue weighted by atomic mass is 9.88. The van der Waals surface area contributed by atoms with Gasteiger partial charge in [0.2, 0.25) is 0 Å². The summed E-state index contributed by atoms with van der Waals surface area (Å²) < 4.78 is 2.51. The lowest BCUT2D eigenvalue weighted by Gasteiger charge is -2.18. The lowest BCUT2D eigenvalue weighted by Crippen LogP contribution is -1.98. The van der Waals surface area contributed by atoms with Crippen LogP contribution in [-0.4, -0.2) is 4.57 Å². The number of nitrogens with zero attached hydrogens (tertiary/aromatic N) is 1. The van der Waals surface area contributed by atoms with Gasteiger partial charge in [-0.05, 0) is 91.1 Å². The van der Waals surface area contributed by atoms with Crippen molar-refractivity contribution in [3.8, 4) is 16.8 Å². The zero-order valence-electron chi connectivity index (χ0n) is 26.1. The molecule has 10 rings (SSSR count). The molecule has 8 aromatic rings. The SMILES string of the molecule is C=Cc1c(-c2ccc(-n3c4ccccc4c4c5ccccc5c5ccccc5c43)c3ccccc23)ccc2c1C(=C)C1=CCCC=C12. The Hall–Kier alpha value is -5.92. The standard InChI is InChI=1S/C46H31N/c1-3-29-35(24-25-39-31-15-5-4-14-30(31)28(2)44(29)39)36-26-27-43(37-19-9-6-16-32(36)37)47-42-23-13-12-22-41(42)45-38-20-10-7-17-33(38)34-18-8-11-21-40(34)46(45)47/h3,6-27H,1-2,4-5H2. The molecular formula is C46H31N. The van der Waals surface area contributed by atoms with Crippen molar-refractivity contribution in [2.24, 2.45) is 0 Å². The molecule has 47 heavy (non-hydrogen) atoms. The molecule has 0 bridgehead atoms. The largest absolute Gasteiger partial charge is 0.308 e. The Balaban J connectivity index is 1.30. The van der Waals surface area contributed by atoms with Crippen molar-refractivity contribution >= 4 is 71.3 Å². The molecule has 0 spiro atoms. The van der Waals surface area contributed by atoms with Crippen LogP contribution >= 0.6 is 0 Å². The van der Waals surface area contributed by atoms with Crippen molar-refractivity contribution in [3.05, 3.63) is 169 Å². The molecule has 0 fully saturated rings. The second kappa shape index (κ2) is 9.79. The normalized spacial score (nSPS) is 14.2. The number of rotatable bonds is 3. The summed E-state index contributed by atoms with van der Waals surface area (Å²) in [5.41, 5.74) is 13.5. The van der Waals surface area contributed by atoms with Crippen LogP contribution in [0, 0.1) is 0 Å². The molecule has 0 atom stereocenters. The van der Waals surface area contributed by atoms with Gasteiger partial charge in [-0.2, -0.15) is 0 Å². The fourth-order valence-corrected chi connectivity index (χ4v) is 8.56. The van der Waals surface area contributed by atoms with E-state index in [1.54, 1.807) is 0 Å². The molecule has 0 saturated carbocycles. The van der Waals surface area contributed by atoms with Crippen LogP contribution in [0.3, 0.4) is 0 Å². The van der Waals surface area contributed by atoms with E-state index in [1.807, 2.05) is 6.08 Å². The molecule has 0 saturated heterocycles. The first kappa shape index (κ1) is 26.3. The first-order valence-corrected chi connectivity index (χ1v) is 16.5. The number of aromatic nitrogens is 1. The van der Waals surface area contributed by atoms with Crippen molar-refractivity contribution in [1.29, 1.82) is 0 Å². The van der Waals surface area contributed by atoms with Crippen LogP contribution in [0.25, 0.3) is 88.2 Å². The van der Waals surface area contributed by atoms with Gasteiger partial charge in [0.05, 0.1) is 16.7 Å². The predicted molar refractivity (Wildman–Crippen MR) is 203 cm³/mol. The van der Waals surface area contributed by atoms with Crippen LogP contribution in [0.4, 0.5) is 0 Å². The first-order chi connectivity index (χ1) is 23.2. The van der Waals surface area contributed by atoms with E-state index < -0.39 is 0 Å². The van der Waals surface area contributed by atoms with Crippen LogP contribution in [0.1, 0.15) is 29.5 Å². The number of para-hydroxylation sites is 1. The summed E-state index contributed by atoms with van der Waals surface area (Å²) in [6, 6.07) is 44.7. The average Bonchev–Trinajstić information content (AvgIpc) is 3.63. The summed E-state index contributed by atoms with van der Waals surface area (Å²) in [6.45, 7) is 8.90. The minimum Gasteiger partial charge on any atom is -0.308 e. The van der Waals surface area contributed by atoms with E-state index in [-0.39, 0.29) is 0 Å². The molecule has 1 aromatic heterocycles. The number of hydrogen-bond donors (Lipinski definition) is 0. The maximum absolute atomic E-state index is 4.58. The van der Waals surface area contributed by atoms with E-state index in [1.165, 1.54) is 93.2 Å². The summed E-state index contributed by atoms with van der Waals surface area (Å²) in [7, 11) is 0. The zero-order chi connectivity index (χ0) is 31.2. The summed E-state index contributed by atoms with van der Waals surface area (Å²) in [5, 5.41) is 10.1. The van der Waals surface area contributed by atoms with E-state index in [0.29, 0.717) is 0 Å². The number of benzene rings is 7. The van der Waals surface area contributed by atoms with E-state index in [9.17, 15) is 0 Å². The molecule has 0 unspecified atom stereocenters. The third-order valence-corrected chi connectivity index (χ3v) is 10.5. The number of allylic oxidation sites excluding steroid dienone is 5. The van der Waals surface area contributed by atoms with Crippen LogP contribution < -0.4 is 0 Å². The van der Waals surface area contributed by atoms with Crippen molar-refractivity contribution < 1.29 is 0 Å². The average molecular weight is 598 g/mol. The van der Waals surface area contributed by atoms with Gasteiger partial charge in [0.25, 0.3) is 0 Å². The fourth-order valence-electron chi connectivity index (χ4n) is 8.56. The van der Waals surface area contributed by atoms with Gasteiger partial charge < -0.3 is 4.57 Å². The van der Waals surface area contributed by atoms with E-state index >= 15 is 0 Å². The number of fused-ring (bicyclic) bond motifs is 12. The fraction of sp³-hybridized carbons (Fsp3) is 0.0435. The smallest absolute Gasteiger partial charge is 0.0626 e. The topological polar surface area (TPSA) is 4.93 Å². The Morgan fingerprint density at radius 1 is 0.511 bits per heavy atom. The highest BCUT2D eigenvalue weighted by Gasteiger charge is 2.29. The molecule has 1 nitrogen and oxygen atoms in total. The van der Waals surface area contributed by atoms with Gasteiger partial charge in [-0.15, -0.1) is 0 Å². The highest BCUT2D eigenvalue weighted by Crippen LogP contribution is 2.51. The van der Waals surface area contributed by atoms with Crippen molar-refractivity contribution in [2.75, 3.05) is 0 Å². The van der Waals surface area contributed by atoms with Gasteiger partial charge in [0.15, 0.2) is 0 Å². The van der Waals surface area contributed by atoms with Gasteiger partial charge in [-0.3, -0.25) is 0 Å². The second-order valence-corrected chi connectivity index (χ2v) is 12.8. The van der Waals surface area contributed by atoms with Gasteiger partial charge in [0.1, 0.15) is 0 Å². The lowest BCUT2D eigenvalue weighted by molar-refractivity contribution is 1.03. The molecule has 1 heterocycles. The molecule has 1 heteroatoms. The Labute approximate surface area is 273 Å². The first-order valence-electron chi connectivity index (χ1n) is 16.5. The highest BCUT2D eigenvalue weighted by molar-refractivity contribution is 6.32. The molecule has 0 aliphatic heterocycles. The Kier molecular flexibility index (Phi) is 5.48. The minimum absolute atomic E-state index is 1.07. The van der Waals surface area contributed by atoms with Gasteiger partial charge in [-0.1, -0.05) is 141 Å². The summed E-state index contributed by atoms with van der Waals surface area (Å²) in [4.78, 5) is 0. The van der Waals surface area contributed by atoms with E-state index in [4.69, 9.17) is 0 Å². The Morgan fingerprint density at radius 3 is 1.85 bits per heavy atom. The summed E-state index contributed by atoms with van der Waals surface area (Å²) in [5.74, 6) is 0. The van der Waals surface area contributed by atoms with Crippen LogP contribution in [-0.2, 0) is 0 Å². The summed E-state index contributed by atoms with van der Waals surface area (Å²) >= 11 is 0. The van der Waals surface area contributed by atoms with Crippen molar-refractivity contribution in [2.45, 2.75) is 12.8 Å². The monoisotopic (exact) mass is 597 g/mol. The van der Waals surface area contributed by atoms with Gasteiger partial charge in [-0.25, -0.2) is 0 Å². The molecule has 2 aliphatic rings. The van der Waals surface area contributed by atoms with E-state index in [2.05, 4.69) is 151 Å². The van der Waals surface area contributed by atoms with Crippen LogP contribution in [0.2, 0.25) is 0 Å². The minimum atomic E-state index is 1.07. The third kappa shape index (κ3) is 3.49.